The average molecular weight is 362 g/mol. The van der Waals surface area contributed by atoms with Crippen LogP contribution in [-0.2, 0) is 12.8 Å². The zero-order chi connectivity index (χ0) is 18.2. The number of hydrogen-bond donors (Lipinski definition) is 1. The molecule has 5 rings (SSSR count). The maximum atomic E-state index is 5.87. The smallest absolute Gasteiger partial charge is 0.321 e. The number of nitrogens with zero attached hydrogens (tertiary/aromatic N) is 3. The first kappa shape index (κ1) is 16.3. The summed E-state index contributed by atoms with van der Waals surface area (Å²) in [5, 5.41) is 4.80. The molecule has 2 aliphatic rings. The monoisotopic (exact) mass is 362 g/mol. The Morgan fingerprint density at radius 2 is 1.96 bits per heavy atom. The zero-order valence-corrected chi connectivity index (χ0v) is 15.4. The summed E-state index contributed by atoms with van der Waals surface area (Å²) < 4.78 is 11.5. The maximum absolute atomic E-state index is 5.87. The highest BCUT2D eigenvalue weighted by molar-refractivity contribution is 5.96. The van der Waals surface area contributed by atoms with Crippen molar-refractivity contribution in [3.05, 3.63) is 41.9 Å². The van der Waals surface area contributed by atoms with E-state index in [2.05, 4.69) is 15.3 Å². The van der Waals surface area contributed by atoms with Gasteiger partial charge in [0.2, 0.25) is 0 Å². The number of rotatable bonds is 6. The summed E-state index contributed by atoms with van der Waals surface area (Å²) in [5.74, 6) is 2.05. The van der Waals surface area contributed by atoms with Crippen LogP contribution in [0, 0.1) is 5.92 Å². The number of benzene rings is 1. The summed E-state index contributed by atoms with van der Waals surface area (Å²) in [7, 11) is 1.65. The van der Waals surface area contributed by atoms with Crippen LogP contribution in [0.4, 0.5) is 5.69 Å². The third-order valence-electron chi connectivity index (χ3n) is 5.30. The second kappa shape index (κ2) is 6.68. The molecule has 6 heteroatoms. The molecular weight excluding hydrogens is 340 g/mol. The molecule has 3 aromatic rings. The highest BCUT2D eigenvalue weighted by atomic mass is 16.5. The van der Waals surface area contributed by atoms with Gasteiger partial charge in [0.15, 0.2) is 11.5 Å². The molecule has 0 unspecified atom stereocenters. The number of anilines is 1. The van der Waals surface area contributed by atoms with Crippen molar-refractivity contribution in [2.24, 2.45) is 5.92 Å². The first-order valence-electron chi connectivity index (χ1n) is 9.54. The molecule has 0 saturated heterocycles. The van der Waals surface area contributed by atoms with Crippen LogP contribution in [0.2, 0.25) is 0 Å². The van der Waals surface area contributed by atoms with Gasteiger partial charge in [0, 0.05) is 41.8 Å². The van der Waals surface area contributed by atoms with E-state index in [1.165, 1.54) is 29.8 Å². The van der Waals surface area contributed by atoms with Gasteiger partial charge in [0.1, 0.15) is 0 Å². The van der Waals surface area contributed by atoms with E-state index in [-0.39, 0.29) is 0 Å². The van der Waals surface area contributed by atoms with Gasteiger partial charge in [-0.2, -0.15) is 0 Å². The van der Waals surface area contributed by atoms with Crippen LogP contribution in [0.3, 0.4) is 0 Å². The highest BCUT2D eigenvalue weighted by Crippen LogP contribution is 2.41. The number of ether oxygens (including phenoxy) is 2. The fraction of sp³-hybridized carbons (Fsp3) is 0.381. The molecule has 2 aromatic heterocycles. The summed E-state index contributed by atoms with van der Waals surface area (Å²) in [4.78, 5) is 13.2. The number of nitrogens with one attached hydrogen (secondary N) is 1. The molecule has 1 fully saturated rings. The van der Waals surface area contributed by atoms with E-state index in [9.17, 15) is 0 Å². The maximum Gasteiger partial charge on any atom is 0.321 e. The predicted molar refractivity (Wildman–Crippen MR) is 104 cm³/mol. The molecule has 0 bridgehead atoms. The van der Waals surface area contributed by atoms with E-state index < -0.39 is 0 Å². The van der Waals surface area contributed by atoms with Crippen molar-refractivity contribution in [2.75, 3.05) is 19.0 Å². The predicted octanol–water partition coefficient (Wildman–Crippen LogP) is 4.14. The van der Waals surface area contributed by atoms with Crippen LogP contribution in [-0.4, -0.2) is 28.6 Å². The minimum absolute atomic E-state index is 0.295. The van der Waals surface area contributed by atoms with E-state index in [0.717, 1.165) is 42.6 Å². The molecule has 0 radical (unpaired) electrons. The Morgan fingerprint density at radius 1 is 1.11 bits per heavy atom. The van der Waals surface area contributed by atoms with Crippen molar-refractivity contribution >= 4 is 16.6 Å². The number of aryl methyl sites for hydroxylation is 1. The molecule has 1 saturated carbocycles. The third-order valence-corrected chi connectivity index (χ3v) is 5.30. The standard InChI is InChI=1S/C21H22N4O2/c1-26-18-10-15-17(11-19(18)27-21-22-8-3-9-23-21)25-16-5-2-4-14(16)20(15)24-12-13-6-7-13/h3,8-11,13H,2,4-7,12H2,1H3,(H,24,25). The second-order valence-electron chi connectivity index (χ2n) is 7.24. The molecule has 138 valence electrons. The Labute approximate surface area is 158 Å². The summed E-state index contributed by atoms with van der Waals surface area (Å²) in [6.45, 7) is 1.03. The Balaban J connectivity index is 1.60. The lowest BCUT2D eigenvalue weighted by Crippen LogP contribution is -2.08. The average Bonchev–Trinajstić information content (AvgIpc) is 3.41. The van der Waals surface area contributed by atoms with Gasteiger partial charge in [-0.1, -0.05) is 0 Å². The number of methoxy groups -OCH3 is 1. The molecule has 0 atom stereocenters. The lowest BCUT2D eigenvalue weighted by atomic mass is 10.1. The molecule has 1 N–H and O–H groups in total. The first-order valence-corrected chi connectivity index (χ1v) is 9.54. The quantitative estimate of drug-likeness (QED) is 0.711. The van der Waals surface area contributed by atoms with Crippen LogP contribution >= 0.6 is 0 Å². The van der Waals surface area contributed by atoms with E-state index in [1.54, 1.807) is 25.6 Å². The van der Waals surface area contributed by atoms with Gasteiger partial charge in [-0.15, -0.1) is 0 Å². The van der Waals surface area contributed by atoms with Gasteiger partial charge >= 0.3 is 6.01 Å². The molecule has 0 amide bonds. The first-order chi connectivity index (χ1) is 13.3. The SMILES string of the molecule is COc1cc2c(NCC3CC3)c3c(nc2cc1Oc1ncccn1)CCC3. The molecule has 0 aliphatic heterocycles. The number of pyridine rings is 1. The van der Waals surface area contributed by atoms with Crippen molar-refractivity contribution in [3.63, 3.8) is 0 Å². The second-order valence-corrected chi connectivity index (χ2v) is 7.24. The molecular formula is C21H22N4O2. The van der Waals surface area contributed by atoms with Crippen LogP contribution in [0.5, 0.6) is 17.5 Å². The minimum atomic E-state index is 0.295. The summed E-state index contributed by atoms with van der Waals surface area (Å²) >= 11 is 0. The van der Waals surface area contributed by atoms with Gasteiger partial charge < -0.3 is 14.8 Å². The van der Waals surface area contributed by atoms with Crippen molar-refractivity contribution in [1.29, 1.82) is 0 Å². The summed E-state index contributed by atoms with van der Waals surface area (Å²) in [6.07, 6.45) is 9.25. The van der Waals surface area contributed by atoms with Crippen molar-refractivity contribution < 1.29 is 9.47 Å². The molecule has 1 aromatic carbocycles. The fourth-order valence-electron chi connectivity index (χ4n) is 3.72. The topological polar surface area (TPSA) is 69.2 Å². The van der Waals surface area contributed by atoms with Crippen LogP contribution in [0.25, 0.3) is 10.9 Å². The van der Waals surface area contributed by atoms with Gasteiger partial charge in [-0.3, -0.25) is 4.98 Å². The van der Waals surface area contributed by atoms with Crippen LogP contribution < -0.4 is 14.8 Å². The Hall–Kier alpha value is -2.89. The van der Waals surface area contributed by atoms with E-state index in [0.29, 0.717) is 17.5 Å². The van der Waals surface area contributed by atoms with Gasteiger partial charge in [-0.05, 0) is 55.7 Å². The van der Waals surface area contributed by atoms with E-state index >= 15 is 0 Å². The molecule has 0 spiro atoms. The number of fused-ring (bicyclic) bond motifs is 2. The van der Waals surface area contributed by atoms with Crippen LogP contribution in [0.15, 0.2) is 30.6 Å². The molecule has 2 heterocycles. The van der Waals surface area contributed by atoms with Gasteiger partial charge in [-0.25, -0.2) is 9.97 Å². The van der Waals surface area contributed by atoms with Gasteiger partial charge in [0.25, 0.3) is 0 Å². The van der Waals surface area contributed by atoms with Crippen molar-refractivity contribution in [3.8, 4) is 17.5 Å². The fourth-order valence-corrected chi connectivity index (χ4v) is 3.72. The molecule has 6 nitrogen and oxygen atoms in total. The number of hydrogen-bond acceptors (Lipinski definition) is 6. The zero-order valence-electron chi connectivity index (χ0n) is 15.4. The van der Waals surface area contributed by atoms with E-state index in [4.69, 9.17) is 14.5 Å². The summed E-state index contributed by atoms with van der Waals surface area (Å²) in [6, 6.07) is 6.01. The van der Waals surface area contributed by atoms with Crippen LogP contribution in [0.1, 0.15) is 30.5 Å². The summed E-state index contributed by atoms with van der Waals surface area (Å²) in [5.41, 5.74) is 4.71. The molecule has 27 heavy (non-hydrogen) atoms. The number of aromatic nitrogens is 3. The third kappa shape index (κ3) is 3.16. The highest BCUT2D eigenvalue weighted by Gasteiger charge is 2.25. The Bertz CT molecular complexity index is 987. The molecule has 2 aliphatic carbocycles. The lowest BCUT2D eigenvalue weighted by Gasteiger charge is -2.17. The van der Waals surface area contributed by atoms with Crippen molar-refractivity contribution in [2.45, 2.75) is 32.1 Å². The largest absolute Gasteiger partial charge is 0.493 e. The normalized spacial score (nSPS) is 15.6. The van der Waals surface area contributed by atoms with Crippen molar-refractivity contribution in [1.82, 2.24) is 15.0 Å². The Kier molecular flexibility index (Phi) is 4.03. The van der Waals surface area contributed by atoms with E-state index in [1.807, 2.05) is 12.1 Å². The lowest BCUT2D eigenvalue weighted by molar-refractivity contribution is 0.369. The minimum Gasteiger partial charge on any atom is -0.493 e. The van der Waals surface area contributed by atoms with Gasteiger partial charge in [0.05, 0.1) is 12.6 Å². The Morgan fingerprint density at radius 3 is 2.74 bits per heavy atom.